The first kappa shape index (κ1) is 11.5. The first-order valence-corrected chi connectivity index (χ1v) is 6.45. The molecule has 0 bridgehead atoms. The van der Waals surface area contributed by atoms with E-state index in [0.29, 0.717) is 0 Å². The van der Waals surface area contributed by atoms with Gasteiger partial charge in [-0.15, -0.1) is 0 Å². The number of methoxy groups -OCH3 is 1. The van der Waals surface area contributed by atoms with Gasteiger partial charge in [0, 0.05) is 25.2 Å². The molecule has 0 N–H and O–H groups in total. The van der Waals surface area contributed by atoms with E-state index in [2.05, 4.69) is 27.5 Å². The van der Waals surface area contributed by atoms with Crippen molar-refractivity contribution < 1.29 is 4.74 Å². The van der Waals surface area contributed by atoms with Gasteiger partial charge in [0.1, 0.15) is 11.6 Å². The molecule has 2 aromatic heterocycles. The van der Waals surface area contributed by atoms with Crippen LogP contribution in [0.3, 0.4) is 0 Å². The van der Waals surface area contributed by atoms with Crippen LogP contribution < -0.4 is 4.74 Å². The molecule has 0 aromatic carbocycles. The van der Waals surface area contributed by atoms with Crippen molar-refractivity contribution in [2.24, 2.45) is 5.92 Å². The SMILES string of the molecule is COc1ccn2c(CC3CCN(C)C3)ncc2c1. The van der Waals surface area contributed by atoms with Crippen LogP contribution in [0.5, 0.6) is 5.75 Å². The van der Waals surface area contributed by atoms with E-state index in [4.69, 9.17) is 4.74 Å². The Kier molecular flexibility index (Phi) is 2.96. The quantitative estimate of drug-likeness (QED) is 0.826. The summed E-state index contributed by atoms with van der Waals surface area (Å²) in [5.74, 6) is 2.78. The molecule has 96 valence electrons. The molecular formula is C14H19N3O. The highest BCUT2D eigenvalue weighted by atomic mass is 16.5. The molecule has 4 heteroatoms. The first-order chi connectivity index (χ1) is 8.76. The summed E-state index contributed by atoms with van der Waals surface area (Å²) in [6, 6.07) is 4.01. The molecule has 4 nitrogen and oxygen atoms in total. The smallest absolute Gasteiger partial charge is 0.122 e. The Morgan fingerprint density at radius 3 is 3.11 bits per heavy atom. The van der Waals surface area contributed by atoms with E-state index >= 15 is 0 Å². The lowest BCUT2D eigenvalue weighted by molar-refractivity contribution is 0.392. The normalized spacial score (nSPS) is 20.7. The Hall–Kier alpha value is -1.55. The van der Waals surface area contributed by atoms with Gasteiger partial charge < -0.3 is 14.0 Å². The number of fused-ring (bicyclic) bond motifs is 1. The van der Waals surface area contributed by atoms with Gasteiger partial charge in [-0.1, -0.05) is 0 Å². The number of pyridine rings is 1. The van der Waals surface area contributed by atoms with Crippen LogP contribution in [0.15, 0.2) is 24.5 Å². The fourth-order valence-corrected chi connectivity index (χ4v) is 2.76. The van der Waals surface area contributed by atoms with E-state index < -0.39 is 0 Å². The zero-order valence-electron chi connectivity index (χ0n) is 11.0. The molecule has 18 heavy (non-hydrogen) atoms. The Bertz CT molecular complexity index is 549. The molecule has 0 radical (unpaired) electrons. The third-order valence-electron chi connectivity index (χ3n) is 3.78. The Balaban J connectivity index is 1.84. The van der Waals surface area contributed by atoms with E-state index in [1.807, 2.05) is 18.3 Å². The average molecular weight is 245 g/mol. The lowest BCUT2D eigenvalue weighted by atomic mass is 10.0. The van der Waals surface area contributed by atoms with E-state index in [0.717, 1.165) is 29.4 Å². The highest BCUT2D eigenvalue weighted by molar-refractivity contribution is 5.50. The van der Waals surface area contributed by atoms with Gasteiger partial charge >= 0.3 is 0 Å². The van der Waals surface area contributed by atoms with Crippen molar-refractivity contribution in [3.8, 4) is 5.75 Å². The van der Waals surface area contributed by atoms with Gasteiger partial charge in [0.15, 0.2) is 0 Å². The Morgan fingerprint density at radius 1 is 1.50 bits per heavy atom. The molecule has 0 amide bonds. The van der Waals surface area contributed by atoms with Crippen LogP contribution in [0, 0.1) is 5.92 Å². The van der Waals surface area contributed by atoms with Gasteiger partial charge in [-0.2, -0.15) is 0 Å². The number of hydrogen-bond donors (Lipinski definition) is 0. The summed E-state index contributed by atoms with van der Waals surface area (Å²) in [4.78, 5) is 6.94. The summed E-state index contributed by atoms with van der Waals surface area (Å²) in [6.45, 7) is 2.40. The number of aromatic nitrogens is 2. The zero-order chi connectivity index (χ0) is 12.5. The predicted octanol–water partition coefficient (Wildman–Crippen LogP) is 1.84. The third-order valence-corrected chi connectivity index (χ3v) is 3.78. The molecule has 2 aromatic rings. The molecule has 1 aliphatic rings. The predicted molar refractivity (Wildman–Crippen MR) is 71.1 cm³/mol. The van der Waals surface area contributed by atoms with Gasteiger partial charge in [0.05, 0.1) is 18.8 Å². The first-order valence-electron chi connectivity index (χ1n) is 6.45. The van der Waals surface area contributed by atoms with Crippen LogP contribution >= 0.6 is 0 Å². The maximum Gasteiger partial charge on any atom is 0.122 e. The fraction of sp³-hybridized carbons (Fsp3) is 0.500. The topological polar surface area (TPSA) is 29.8 Å². The summed E-state index contributed by atoms with van der Waals surface area (Å²) in [7, 11) is 3.88. The maximum absolute atomic E-state index is 5.23. The van der Waals surface area contributed by atoms with E-state index in [1.165, 1.54) is 19.5 Å². The van der Waals surface area contributed by atoms with Crippen molar-refractivity contribution in [2.45, 2.75) is 12.8 Å². The molecule has 3 rings (SSSR count). The average Bonchev–Trinajstić information content (AvgIpc) is 2.96. The molecule has 0 saturated carbocycles. The van der Waals surface area contributed by atoms with Gasteiger partial charge in [0.2, 0.25) is 0 Å². The fourth-order valence-electron chi connectivity index (χ4n) is 2.76. The number of ether oxygens (including phenoxy) is 1. The molecule has 1 aliphatic heterocycles. The highest BCUT2D eigenvalue weighted by Crippen LogP contribution is 2.21. The van der Waals surface area contributed by atoms with E-state index in [9.17, 15) is 0 Å². The standard InChI is InChI=1S/C14H19N3O/c1-16-5-3-11(10-16)7-14-15-9-12-8-13(18-2)4-6-17(12)14/h4,6,8-9,11H,3,5,7,10H2,1-2H3. The molecule has 1 atom stereocenters. The molecular weight excluding hydrogens is 226 g/mol. The second kappa shape index (κ2) is 4.61. The minimum atomic E-state index is 0.739. The lowest BCUT2D eigenvalue weighted by Gasteiger charge is -2.09. The Labute approximate surface area is 107 Å². The molecule has 0 spiro atoms. The largest absolute Gasteiger partial charge is 0.497 e. The van der Waals surface area contributed by atoms with E-state index in [1.54, 1.807) is 7.11 Å². The van der Waals surface area contributed by atoms with Crippen molar-refractivity contribution in [3.05, 3.63) is 30.4 Å². The van der Waals surface area contributed by atoms with Crippen LogP contribution in [0.1, 0.15) is 12.2 Å². The molecule has 1 fully saturated rings. The van der Waals surface area contributed by atoms with Crippen LogP contribution in [0.25, 0.3) is 5.52 Å². The van der Waals surface area contributed by atoms with Crippen LogP contribution in [0.4, 0.5) is 0 Å². The molecule has 0 aliphatic carbocycles. The van der Waals surface area contributed by atoms with Gasteiger partial charge in [-0.3, -0.25) is 0 Å². The van der Waals surface area contributed by atoms with Gasteiger partial charge in [-0.05, 0) is 32.0 Å². The van der Waals surface area contributed by atoms with Crippen LogP contribution in [-0.2, 0) is 6.42 Å². The minimum Gasteiger partial charge on any atom is -0.497 e. The summed E-state index contributed by atoms with van der Waals surface area (Å²) >= 11 is 0. The summed E-state index contributed by atoms with van der Waals surface area (Å²) in [6.07, 6.45) is 6.32. The molecule has 1 saturated heterocycles. The zero-order valence-corrected chi connectivity index (χ0v) is 11.0. The van der Waals surface area contributed by atoms with Crippen molar-refractivity contribution in [1.29, 1.82) is 0 Å². The number of likely N-dealkylation sites (tertiary alicyclic amines) is 1. The van der Waals surface area contributed by atoms with Crippen molar-refractivity contribution in [2.75, 3.05) is 27.2 Å². The van der Waals surface area contributed by atoms with Crippen LogP contribution in [0.2, 0.25) is 0 Å². The molecule has 3 heterocycles. The minimum absolute atomic E-state index is 0.739. The number of nitrogens with zero attached hydrogens (tertiary/aromatic N) is 3. The van der Waals surface area contributed by atoms with Gasteiger partial charge in [-0.25, -0.2) is 4.98 Å². The van der Waals surface area contributed by atoms with Crippen LogP contribution in [-0.4, -0.2) is 41.5 Å². The highest BCUT2D eigenvalue weighted by Gasteiger charge is 2.21. The number of imidazole rings is 1. The van der Waals surface area contributed by atoms with Gasteiger partial charge in [0.25, 0.3) is 0 Å². The number of rotatable bonds is 3. The van der Waals surface area contributed by atoms with Crippen molar-refractivity contribution in [3.63, 3.8) is 0 Å². The Morgan fingerprint density at radius 2 is 2.39 bits per heavy atom. The van der Waals surface area contributed by atoms with E-state index in [-0.39, 0.29) is 0 Å². The monoisotopic (exact) mass is 245 g/mol. The van der Waals surface area contributed by atoms with Crippen molar-refractivity contribution in [1.82, 2.24) is 14.3 Å². The summed E-state index contributed by atoms with van der Waals surface area (Å²) < 4.78 is 7.40. The summed E-state index contributed by atoms with van der Waals surface area (Å²) in [5, 5.41) is 0. The number of hydrogen-bond acceptors (Lipinski definition) is 3. The lowest BCUT2D eigenvalue weighted by Crippen LogP contribution is -2.15. The maximum atomic E-state index is 5.23. The van der Waals surface area contributed by atoms with Crippen molar-refractivity contribution >= 4 is 5.52 Å². The third kappa shape index (κ3) is 2.08. The second-order valence-corrected chi connectivity index (χ2v) is 5.16. The molecule has 1 unspecified atom stereocenters. The summed E-state index contributed by atoms with van der Waals surface area (Å²) in [5.41, 5.74) is 1.11. The second-order valence-electron chi connectivity index (χ2n) is 5.16.